The first-order valence-corrected chi connectivity index (χ1v) is 12.4. The molecule has 0 spiro atoms. The molecular formula is C30H28N2O7. The van der Waals surface area contributed by atoms with Gasteiger partial charge in [-0.3, -0.25) is 14.4 Å². The smallest absolute Gasteiger partial charge is 0.244 e. The zero-order valence-electron chi connectivity index (χ0n) is 22.1. The Labute approximate surface area is 224 Å². The zero-order valence-corrected chi connectivity index (χ0v) is 22.1. The average molecular weight is 529 g/mol. The highest BCUT2D eigenvalue weighted by atomic mass is 16.6. The van der Waals surface area contributed by atoms with E-state index in [9.17, 15) is 14.4 Å². The number of benzene rings is 3. The topological polar surface area (TPSA) is 105 Å². The molecule has 1 aliphatic rings. The number of nitrogens with zero attached hydrogens (tertiary/aromatic N) is 1. The maximum Gasteiger partial charge on any atom is 0.244 e. The Balaban J connectivity index is 1.57. The van der Waals surface area contributed by atoms with Crippen LogP contribution in [0.4, 0.5) is 5.69 Å². The highest BCUT2D eigenvalue weighted by Gasteiger charge is 2.21. The predicted octanol–water partition coefficient (Wildman–Crippen LogP) is 4.28. The van der Waals surface area contributed by atoms with Crippen molar-refractivity contribution < 1.29 is 28.5 Å². The van der Waals surface area contributed by atoms with Crippen molar-refractivity contribution in [1.82, 2.24) is 4.57 Å². The van der Waals surface area contributed by atoms with Crippen molar-refractivity contribution in [3.63, 3.8) is 0 Å². The van der Waals surface area contributed by atoms with Gasteiger partial charge in [-0.1, -0.05) is 12.1 Å². The van der Waals surface area contributed by atoms with Gasteiger partial charge < -0.3 is 28.8 Å². The number of carbonyl (C=O) groups excluding carboxylic acids is 2. The van der Waals surface area contributed by atoms with Crippen LogP contribution in [0, 0.1) is 13.8 Å². The summed E-state index contributed by atoms with van der Waals surface area (Å²) >= 11 is 0. The number of aromatic nitrogens is 1. The summed E-state index contributed by atoms with van der Waals surface area (Å²) in [6, 6.07) is 13.6. The molecule has 9 nitrogen and oxygen atoms in total. The van der Waals surface area contributed by atoms with E-state index in [1.165, 1.54) is 26.5 Å². The molecule has 5 rings (SSSR count). The quantitative estimate of drug-likeness (QED) is 0.357. The number of ether oxygens (including phenoxy) is 4. The molecule has 2 heterocycles. The van der Waals surface area contributed by atoms with Crippen molar-refractivity contribution in [3.05, 3.63) is 87.2 Å². The van der Waals surface area contributed by atoms with Crippen LogP contribution in [0.3, 0.4) is 0 Å². The Kier molecular flexibility index (Phi) is 6.98. The number of rotatable bonds is 7. The van der Waals surface area contributed by atoms with Gasteiger partial charge in [0.2, 0.25) is 11.3 Å². The molecule has 0 fully saturated rings. The number of hydrogen-bond donors (Lipinski definition) is 1. The van der Waals surface area contributed by atoms with Crippen molar-refractivity contribution in [2.24, 2.45) is 0 Å². The molecule has 9 heteroatoms. The summed E-state index contributed by atoms with van der Waals surface area (Å²) in [7, 11) is 2.95. The fourth-order valence-electron chi connectivity index (χ4n) is 4.52. The molecule has 0 unspecified atom stereocenters. The molecule has 4 aromatic rings. The molecule has 0 aliphatic carbocycles. The summed E-state index contributed by atoms with van der Waals surface area (Å²) in [5.41, 5.74) is 2.80. The lowest BCUT2D eigenvalue weighted by Gasteiger charge is -2.19. The molecule has 1 amide bonds. The molecule has 0 saturated heterocycles. The van der Waals surface area contributed by atoms with E-state index in [1.807, 2.05) is 19.9 Å². The molecule has 3 aromatic carbocycles. The second kappa shape index (κ2) is 10.5. The number of hydrogen-bond acceptors (Lipinski definition) is 7. The molecule has 200 valence electrons. The molecule has 0 saturated carbocycles. The minimum absolute atomic E-state index is 0.0508. The van der Waals surface area contributed by atoms with E-state index >= 15 is 0 Å². The number of aryl methyl sites for hydroxylation is 2. The normalized spacial score (nSPS) is 12.2. The van der Waals surface area contributed by atoms with Crippen LogP contribution in [-0.4, -0.2) is 43.7 Å². The monoisotopic (exact) mass is 528 g/mol. The molecule has 39 heavy (non-hydrogen) atoms. The van der Waals surface area contributed by atoms with E-state index in [0.717, 1.165) is 11.1 Å². The fourth-order valence-corrected chi connectivity index (χ4v) is 4.52. The van der Waals surface area contributed by atoms with Gasteiger partial charge in [-0.2, -0.15) is 0 Å². The van der Waals surface area contributed by atoms with Crippen molar-refractivity contribution in [1.29, 1.82) is 0 Å². The Bertz CT molecular complexity index is 1670. The van der Waals surface area contributed by atoms with Crippen LogP contribution >= 0.6 is 0 Å². The number of pyridine rings is 1. The van der Waals surface area contributed by atoms with E-state index in [1.54, 1.807) is 41.0 Å². The number of amides is 1. The van der Waals surface area contributed by atoms with Crippen LogP contribution in [-0.2, 0) is 11.3 Å². The van der Waals surface area contributed by atoms with Crippen molar-refractivity contribution in [2.45, 2.75) is 20.4 Å². The van der Waals surface area contributed by atoms with Crippen LogP contribution in [0.15, 0.2) is 59.5 Å². The zero-order chi connectivity index (χ0) is 27.7. The number of ketones is 1. The summed E-state index contributed by atoms with van der Waals surface area (Å²) in [5.74, 6) is 1.09. The van der Waals surface area contributed by atoms with Crippen LogP contribution in [0.25, 0.3) is 10.9 Å². The Morgan fingerprint density at radius 3 is 2.33 bits per heavy atom. The Morgan fingerprint density at radius 2 is 1.62 bits per heavy atom. The molecule has 1 N–H and O–H groups in total. The molecule has 0 atom stereocenters. The minimum Gasteiger partial charge on any atom is -0.493 e. The minimum atomic E-state index is -0.460. The third kappa shape index (κ3) is 5.03. The van der Waals surface area contributed by atoms with Gasteiger partial charge in [0.25, 0.3) is 0 Å². The number of fused-ring (bicyclic) bond motifs is 2. The molecule has 1 aliphatic heterocycles. The van der Waals surface area contributed by atoms with Gasteiger partial charge in [-0.15, -0.1) is 0 Å². The second-order valence-corrected chi connectivity index (χ2v) is 9.26. The van der Waals surface area contributed by atoms with Crippen molar-refractivity contribution >= 4 is 28.3 Å². The van der Waals surface area contributed by atoms with Crippen molar-refractivity contribution in [2.75, 3.05) is 32.8 Å². The second-order valence-electron chi connectivity index (χ2n) is 9.26. The van der Waals surface area contributed by atoms with E-state index in [2.05, 4.69) is 5.32 Å². The first-order valence-electron chi connectivity index (χ1n) is 12.4. The third-order valence-corrected chi connectivity index (χ3v) is 6.74. The fraction of sp³-hybridized carbons (Fsp3) is 0.233. The highest BCUT2D eigenvalue weighted by molar-refractivity contribution is 6.10. The van der Waals surface area contributed by atoms with Crippen molar-refractivity contribution in [3.8, 4) is 23.0 Å². The van der Waals surface area contributed by atoms with Crippen LogP contribution in [0.5, 0.6) is 23.0 Å². The standard InChI is InChI=1S/C30H28N2O7/c1-17-5-6-19(11-18(17)2)29(34)22-15-32(23-14-26(37-4)25(36-3)13-21(23)30(22)35)16-28(33)31-20-7-8-24-27(12-20)39-10-9-38-24/h5-8,11-15H,9-10,16H2,1-4H3,(H,31,33). The molecule has 0 bridgehead atoms. The number of nitrogens with one attached hydrogen (secondary N) is 1. The van der Waals surface area contributed by atoms with E-state index in [4.69, 9.17) is 18.9 Å². The lowest BCUT2D eigenvalue weighted by molar-refractivity contribution is -0.116. The van der Waals surface area contributed by atoms with Gasteiger partial charge >= 0.3 is 0 Å². The van der Waals surface area contributed by atoms with Crippen LogP contribution in [0.1, 0.15) is 27.0 Å². The van der Waals surface area contributed by atoms with Crippen LogP contribution < -0.4 is 29.7 Å². The van der Waals surface area contributed by atoms with E-state index in [0.29, 0.717) is 53.0 Å². The first-order chi connectivity index (χ1) is 18.8. The van der Waals surface area contributed by atoms with Gasteiger partial charge in [0.1, 0.15) is 19.8 Å². The summed E-state index contributed by atoms with van der Waals surface area (Å²) in [6.07, 6.45) is 1.43. The van der Waals surface area contributed by atoms with Gasteiger partial charge in [0.05, 0.1) is 30.7 Å². The van der Waals surface area contributed by atoms with E-state index in [-0.39, 0.29) is 23.4 Å². The predicted molar refractivity (Wildman–Crippen MR) is 147 cm³/mol. The largest absolute Gasteiger partial charge is 0.493 e. The van der Waals surface area contributed by atoms with Crippen LogP contribution in [0.2, 0.25) is 0 Å². The average Bonchev–Trinajstić information content (AvgIpc) is 2.94. The maximum atomic E-state index is 13.6. The van der Waals surface area contributed by atoms with E-state index < -0.39 is 11.2 Å². The third-order valence-electron chi connectivity index (χ3n) is 6.74. The summed E-state index contributed by atoms with van der Waals surface area (Å²) in [4.78, 5) is 40.3. The Morgan fingerprint density at radius 1 is 0.897 bits per heavy atom. The van der Waals surface area contributed by atoms with Gasteiger partial charge in [-0.25, -0.2) is 0 Å². The van der Waals surface area contributed by atoms with Gasteiger partial charge in [-0.05, 0) is 49.2 Å². The molecular weight excluding hydrogens is 500 g/mol. The highest BCUT2D eigenvalue weighted by Crippen LogP contribution is 2.33. The lowest BCUT2D eigenvalue weighted by atomic mass is 9.98. The molecule has 1 aromatic heterocycles. The van der Waals surface area contributed by atoms with Gasteiger partial charge in [0.15, 0.2) is 28.8 Å². The number of methoxy groups -OCH3 is 2. The summed E-state index contributed by atoms with van der Waals surface area (Å²) in [6.45, 7) is 4.58. The molecule has 0 radical (unpaired) electrons. The Hall–Kier alpha value is -4.79. The summed E-state index contributed by atoms with van der Waals surface area (Å²) in [5, 5.41) is 3.08. The summed E-state index contributed by atoms with van der Waals surface area (Å²) < 4.78 is 23.5. The number of anilines is 1. The van der Waals surface area contributed by atoms with Gasteiger partial charge in [0, 0.05) is 29.6 Å². The SMILES string of the molecule is COc1cc2c(=O)c(C(=O)c3ccc(C)c(C)c3)cn(CC(=O)Nc3ccc4c(c3)OCCO4)c2cc1OC. The lowest BCUT2D eigenvalue weighted by Crippen LogP contribution is -2.24. The maximum absolute atomic E-state index is 13.6. The first kappa shape index (κ1) is 25.8. The number of carbonyl (C=O) groups is 2.